The number of fused-ring (bicyclic) bond motifs is 1. The number of carbonyl (C=O) groups excluding carboxylic acids is 7. The van der Waals surface area contributed by atoms with Crippen LogP contribution in [0, 0.1) is 17.3 Å². The number of anilines is 2. The Kier molecular flexibility index (Phi) is 19.1. The number of unbranched alkanes of at least 4 members (excludes halogenated alkanes) is 1. The number of nitrogens with zero attached hydrogens (tertiary/aromatic N) is 4. The normalized spacial score (nSPS) is 22.2. The molecule has 4 heterocycles. The number of alkyl carbamates (subject to hydrolysis) is 1. The first-order valence-electron chi connectivity index (χ1n) is 23.1. The van der Waals surface area contributed by atoms with E-state index in [0.717, 1.165) is 24.2 Å². The fourth-order valence-electron chi connectivity index (χ4n) is 8.21. The predicted molar refractivity (Wildman–Crippen MR) is 249 cm³/mol. The van der Waals surface area contributed by atoms with Crippen LogP contribution in [-0.2, 0) is 44.8 Å². The highest BCUT2D eigenvalue weighted by Crippen LogP contribution is 2.41. The second kappa shape index (κ2) is 24.6. The van der Waals surface area contributed by atoms with Crippen molar-refractivity contribution in [3.8, 4) is 0 Å². The fraction of sp³-hybridized carbons (Fsp3) is 0.565. The van der Waals surface area contributed by atoms with E-state index >= 15 is 0 Å². The van der Waals surface area contributed by atoms with E-state index in [1.54, 1.807) is 38.1 Å². The second-order valence-electron chi connectivity index (χ2n) is 17.8. The second-order valence-corrected chi connectivity index (χ2v) is 17.8. The number of ether oxygens (including phenoxy) is 2. The molecule has 376 valence electrons. The average Bonchev–Trinajstić information content (AvgIpc) is 3.92. The van der Waals surface area contributed by atoms with Gasteiger partial charge in [0.1, 0.15) is 48.8 Å². The minimum Gasteiger partial charge on any atom is -0.445 e. The maximum Gasteiger partial charge on any atom is 0.407 e. The van der Waals surface area contributed by atoms with Gasteiger partial charge < -0.3 is 61.7 Å². The molecule has 9 atom stereocenters. The van der Waals surface area contributed by atoms with Crippen LogP contribution in [0.25, 0.3) is 11.2 Å². The Labute approximate surface area is 399 Å². The van der Waals surface area contributed by atoms with Gasteiger partial charge in [0.2, 0.25) is 35.4 Å². The van der Waals surface area contributed by atoms with E-state index in [0.29, 0.717) is 22.4 Å². The zero-order valence-electron chi connectivity index (χ0n) is 39.7. The van der Waals surface area contributed by atoms with Crippen molar-refractivity contribution in [2.24, 2.45) is 17.3 Å². The number of hydrogen-bond donors (Lipinski definition) is 10. The van der Waals surface area contributed by atoms with Crippen molar-refractivity contribution in [1.82, 2.24) is 46.1 Å². The minimum absolute atomic E-state index is 0.0743. The molecule has 0 bridgehead atoms. The first kappa shape index (κ1) is 53.4. The summed E-state index contributed by atoms with van der Waals surface area (Å²) in [5, 5.41) is 47.5. The number of aromatic amines is 1. The predicted octanol–water partition coefficient (Wildman–Crippen LogP) is 1.13. The summed E-state index contributed by atoms with van der Waals surface area (Å²) < 4.78 is 11.0. The maximum absolute atomic E-state index is 13.4. The summed E-state index contributed by atoms with van der Waals surface area (Å²) in [6, 6.07) is 3.15. The molecule has 2 aromatic heterocycles. The van der Waals surface area contributed by atoms with E-state index < -0.39 is 90.3 Å². The highest BCUT2D eigenvalue weighted by Gasteiger charge is 2.48. The largest absolute Gasteiger partial charge is 0.445 e. The van der Waals surface area contributed by atoms with Crippen LogP contribution in [0.1, 0.15) is 85.6 Å². The number of nitrogens with one attached hydrogen (secondary N) is 7. The van der Waals surface area contributed by atoms with E-state index in [4.69, 9.17) is 9.47 Å². The lowest BCUT2D eigenvalue weighted by atomic mass is 9.72. The Bertz CT molecular complexity index is 2310. The Morgan fingerprint density at radius 3 is 2.42 bits per heavy atom. The van der Waals surface area contributed by atoms with E-state index in [-0.39, 0.29) is 62.5 Å². The zero-order valence-corrected chi connectivity index (χ0v) is 39.7. The molecule has 0 spiro atoms. The third-order valence-electron chi connectivity index (χ3n) is 12.2. The quantitative estimate of drug-likeness (QED) is 0.0470. The molecular weight excluding hydrogens is 899 g/mol. The van der Waals surface area contributed by atoms with Crippen molar-refractivity contribution in [3.63, 3.8) is 0 Å². The SMILES string of the molecule is CC=CC(C)(CCCC)C1CC(=O)N(CCC(=O)N[C@H](C(=O)N[C@@H](C)C(=O)Nc2ccc(COC(=O)NCCC(=O)N[C@@H]3[C@@H](O)[C@H](O)[C@@H](Nc4ncnc5nc[nH]c45)O[C@H]3CO)cc2)C(C)C)C1=O. The number of likely N-dealkylation sites (tertiary alicyclic amines) is 1. The number of H-pyrrole nitrogens is 1. The molecule has 69 heavy (non-hydrogen) atoms. The standard InChI is InChI=1S/C46H65N11O12/c1-7-9-17-46(6,16-8-2)29-20-33(61)57(44(29)66)19-15-32(60)54-34(25(3)4)42(65)52-26(5)41(64)53-28-12-10-27(11-13-28)22-68-45(67)47-18-14-31(59)55-35-30(21-58)69-43(38(63)37(35)62)56-40-36-39(49-23-48-36)50-24-51-40/h8,10-13,16,23-26,29-30,34-35,37-38,43,58,62-63H,7,9,14-15,17-22H2,1-6H3,(H,47,67)(H,52,65)(H,53,64)(H,54,60)(H,55,59)(H2,48,49,50,51,56)/t26-,29?,30-,34-,35-,37+,38-,43-,46?/m0/s1. The van der Waals surface area contributed by atoms with Crippen LogP contribution < -0.4 is 31.9 Å². The van der Waals surface area contributed by atoms with Gasteiger partial charge in [-0.25, -0.2) is 19.7 Å². The maximum atomic E-state index is 13.4. The molecule has 0 aliphatic carbocycles. The average molecular weight is 964 g/mol. The third-order valence-corrected chi connectivity index (χ3v) is 12.2. The fourth-order valence-corrected chi connectivity index (χ4v) is 8.21. The van der Waals surface area contributed by atoms with Gasteiger partial charge in [-0.05, 0) is 49.3 Å². The summed E-state index contributed by atoms with van der Waals surface area (Å²) in [5.41, 5.74) is 1.25. The summed E-state index contributed by atoms with van der Waals surface area (Å²) in [7, 11) is 0. The Morgan fingerprint density at radius 2 is 1.74 bits per heavy atom. The van der Waals surface area contributed by atoms with Crippen LogP contribution in [0.5, 0.6) is 0 Å². The first-order valence-corrected chi connectivity index (χ1v) is 23.1. The Morgan fingerprint density at radius 1 is 1.00 bits per heavy atom. The van der Waals surface area contributed by atoms with E-state index in [9.17, 15) is 48.9 Å². The molecule has 7 amide bonds. The highest BCUT2D eigenvalue weighted by molar-refractivity contribution is 6.04. The molecule has 2 aliphatic heterocycles. The molecule has 2 unspecified atom stereocenters. The summed E-state index contributed by atoms with van der Waals surface area (Å²) in [5.74, 6) is -3.55. The van der Waals surface area contributed by atoms with Crippen LogP contribution in [-0.4, -0.2) is 144 Å². The van der Waals surface area contributed by atoms with E-state index in [1.165, 1.54) is 19.6 Å². The summed E-state index contributed by atoms with van der Waals surface area (Å²) >= 11 is 0. The lowest BCUT2D eigenvalue weighted by Gasteiger charge is -2.42. The Hall–Kier alpha value is -6.56. The number of hydrogen-bond acceptors (Lipinski definition) is 16. The lowest BCUT2D eigenvalue weighted by molar-refractivity contribution is -0.185. The smallest absolute Gasteiger partial charge is 0.407 e. The Balaban J connectivity index is 0.997. The van der Waals surface area contributed by atoms with Gasteiger partial charge in [-0.1, -0.05) is 64.8 Å². The number of allylic oxidation sites excluding steroid dienone is 2. The van der Waals surface area contributed by atoms with Gasteiger partial charge in [0.25, 0.3) is 0 Å². The van der Waals surface area contributed by atoms with Crippen LogP contribution in [0.3, 0.4) is 0 Å². The summed E-state index contributed by atoms with van der Waals surface area (Å²) in [4.78, 5) is 107. The number of aliphatic hydroxyl groups excluding tert-OH is 3. The molecule has 23 heteroatoms. The molecule has 10 N–H and O–H groups in total. The number of imidazole rings is 1. The molecule has 1 aromatic carbocycles. The van der Waals surface area contributed by atoms with Crippen LogP contribution in [0.4, 0.5) is 16.3 Å². The molecule has 2 saturated heterocycles. The van der Waals surface area contributed by atoms with Gasteiger partial charge in [-0.2, -0.15) is 0 Å². The number of rotatable bonds is 23. The molecule has 0 saturated carbocycles. The van der Waals surface area contributed by atoms with Gasteiger partial charge in [0.05, 0.1) is 24.9 Å². The molecule has 0 radical (unpaired) electrons. The molecule has 2 aliphatic rings. The van der Waals surface area contributed by atoms with Crippen molar-refractivity contribution in [3.05, 3.63) is 54.6 Å². The first-order chi connectivity index (χ1) is 32.9. The van der Waals surface area contributed by atoms with Crippen LogP contribution in [0.2, 0.25) is 0 Å². The molecule has 5 rings (SSSR count). The molecular formula is C46H65N11O12. The number of benzene rings is 1. The highest BCUT2D eigenvalue weighted by atomic mass is 16.6. The number of aliphatic hydroxyl groups is 3. The molecule has 2 fully saturated rings. The van der Waals surface area contributed by atoms with Crippen molar-refractivity contribution >= 4 is 64.2 Å². The van der Waals surface area contributed by atoms with Gasteiger partial charge in [-0.15, -0.1) is 0 Å². The van der Waals surface area contributed by atoms with E-state index in [1.807, 2.05) is 26.0 Å². The van der Waals surface area contributed by atoms with Crippen molar-refractivity contribution in [2.75, 3.05) is 30.3 Å². The van der Waals surface area contributed by atoms with Crippen molar-refractivity contribution in [2.45, 2.75) is 129 Å². The molecule has 23 nitrogen and oxygen atoms in total. The van der Waals surface area contributed by atoms with Gasteiger partial charge in [-0.3, -0.25) is 33.7 Å². The minimum atomic E-state index is -1.56. The summed E-state index contributed by atoms with van der Waals surface area (Å²) in [6.07, 6.45) is 2.53. The summed E-state index contributed by atoms with van der Waals surface area (Å²) in [6.45, 7) is 9.87. The van der Waals surface area contributed by atoms with Gasteiger partial charge in [0.15, 0.2) is 17.7 Å². The van der Waals surface area contributed by atoms with Crippen LogP contribution >= 0.6 is 0 Å². The van der Waals surface area contributed by atoms with Gasteiger partial charge >= 0.3 is 6.09 Å². The van der Waals surface area contributed by atoms with Crippen molar-refractivity contribution in [1.29, 1.82) is 0 Å². The van der Waals surface area contributed by atoms with Gasteiger partial charge in [0, 0.05) is 38.0 Å². The number of amides is 7. The van der Waals surface area contributed by atoms with E-state index in [2.05, 4.69) is 58.8 Å². The number of imide groups is 1. The lowest BCUT2D eigenvalue weighted by Crippen LogP contribution is -2.65. The third kappa shape index (κ3) is 14.0. The number of aromatic nitrogens is 4. The van der Waals surface area contributed by atoms with Crippen molar-refractivity contribution < 1.29 is 58.4 Å². The zero-order chi connectivity index (χ0) is 50.4. The molecule has 3 aromatic rings. The number of carbonyl (C=O) groups is 7. The topological polar surface area (TPSA) is 329 Å². The van der Waals surface area contributed by atoms with Crippen LogP contribution in [0.15, 0.2) is 49.1 Å². The monoisotopic (exact) mass is 963 g/mol.